The van der Waals surface area contributed by atoms with Gasteiger partial charge in [0.05, 0.1) is 13.7 Å². The van der Waals surface area contributed by atoms with Crippen LogP contribution in [0.5, 0.6) is 0 Å². The lowest BCUT2D eigenvalue weighted by molar-refractivity contribution is 0.0453. The lowest BCUT2D eigenvalue weighted by Gasteiger charge is -2.01. The van der Waals surface area contributed by atoms with Crippen LogP contribution in [0.3, 0.4) is 0 Å². The van der Waals surface area contributed by atoms with Crippen LogP contribution in [-0.2, 0) is 14.2 Å². The fourth-order valence-corrected chi connectivity index (χ4v) is 0.439. The maximum absolute atomic E-state index is 10.5. The average Bonchev–Trinajstić information content (AvgIpc) is 2.05. The van der Waals surface area contributed by atoms with E-state index in [2.05, 4.69) is 14.2 Å². The summed E-state index contributed by atoms with van der Waals surface area (Å²) in [6.45, 7) is 2.21. The van der Waals surface area contributed by atoms with E-state index in [4.69, 9.17) is 0 Å². The Labute approximate surface area is 70.6 Å². The molecule has 0 unspecified atom stereocenters. The van der Waals surface area contributed by atoms with Crippen molar-refractivity contribution in [3.8, 4) is 0 Å². The highest BCUT2D eigenvalue weighted by molar-refractivity contribution is 5.76. The van der Waals surface area contributed by atoms with E-state index in [1.54, 1.807) is 0 Å². The standard InChI is InChI=1S/C7H12O5/c1-3-4-5-11-7(9)12-6(8)10-2/h3-5H2,1-2H3. The lowest BCUT2D eigenvalue weighted by Crippen LogP contribution is -2.14. The molecule has 0 aromatic rings. The van der Waals surface area contributed by atoms with Gasteiger partial charge < -0.3 is 14.2 Å². The normalized spacial score (nSPS) is 8.83. The van der Waals surface area contributed by atoms with Crippen molar-refractivity contribution in [1.29, 1.82) is 0 Å². The maximum Gasteiger partial charge on any atom is 0.518 e. The minimum atomic E-state index is -1.06. The number of carbonyl (C=O) groups is 2. The van der Waals surface area contributed by atoms with Crippen LogP contribution in [0.4, 0.5) is 9.59 Å². The molecule has 0 rings (SSSR count). The highest BCUT2D eigenvalue weighted by Gasteiger charge is 2.10. The van der Waals surface area contributed by atoms with Gasteiger partial charge >= 0.3 is 12.3 Å². The molecule has 12 heavy (non-hydrogen) atoms. The van der Waals surface area contributed by atoms with E-state index in [1.807, 2.05) is 6.92 Å². The molecule has 0 amide bonds. The summed E-state index contributed by atoms with van der Waals surface area (Å²) in [4.78, 5) is 20.9. The molecule has 0 saturated heterocycles. The first-order chi connectivity index (χ1) is 5.70. The zero-order chi connectivity index (χ0) is 9.40. The number of hydrogen-bond acceptors (Lipinski definition) is 5. The Morgan fingerprint density at radius 1 is 1.25 bits per heavy atom. The van der Waals surface area contributed by atoms with Crippen LogP contribution in [-0.4, -0.2) is 26.0 Å². The minimum absolute atomic E-state index is 0.256. The number of methoxy groups -OCH3 is 1. The van der Waals surface area contributed by atoms with Crippen LogP contribution in [0.15, 0.2) is 0 Å². The highest BCUT2D eigenvalue weighted by Crippen LogP contribution is 1.92. The molecule has 0 radical (unpaired) electrons. The molecule has 5 nitrogen and oxygen atoms in total. The van der Waals surface area contributed by atoms with E-state index < -0.39 is 12.3 Å². The first kappa shape index (κ1) is 10.7. The Hall–Kier alpha value is -1.26. The maximum atomic E-state index is 10.5. The molecule has 0 aromatic carbocycles. The summed E-state index contributed by atoms with van der Waals surface area (Å²) in [6, 6.07) is 0. The van der Waals surface area contributed by atoms with E-state index in [-0.39, 0.29) is 6.61 Å². The van der Waals surface area contributed by atoms with Gasteiger partial charge in [0.15, 0.2) is 0 Å². The van der Waals surface area contributed by atoms with Crippen molar-refractivity contribution in [2.45, 2.75) is 19.8 Å². The van der Waals surface area contributed by atoms with Gasteiger partial charge in [0.25, 0.3) is 0 Å². The molecular weight excluding hydrogens is 164 g/mol. The molecular formula is C7H12O5. The largest absolute Gasteiger partial charge is 0.518 e. The predicted octanol–water partition coefficient (Wildman–Crippen LogP) is 1.71. The molecule has 0 N–H and O–H groups in total. The number of unbranched alkanes of at least 4 members (excludes halogenated alkanes) is 1. The van der Waals surface area contributed by atoms with Crippen molar-refractivity contribution < 1.29 is 23.8 Å². The molecule has 70 valence electrons. The Bertz CT molecular complexity index is 154. The van der Waals surface area contributed by atoms with Crippen LogP contribution < -0.4 is 0 Å². The van der Waals surface area contributed by atoms with Crippen LogP contribution in [0, 0.1) is 0 Å². The van der Waals surface area contributed by atoms with Gasteiger partial charge in [-0.3, -0.25) is 0 Å². The minimum Gasteiger partial charge on any atom is -0.437 e. The molecule has 0 bridgehead atoms. The predicted molar refractivity (Wildman–Crippen MR) is 39.7 cm³/mol. The molecule has 0 heterocycles. The topological polar surface area (TPSA) is 61.8 Å². The van der Waals surface area contributed by atoms with Gasteiger partial charge in [-0.05, 0) is 6.42 Å². The molecule has 0 spiro atoms. The first-order valence-electron chi connectivity index (χ1n) is 3.63. The molecule has 0 saturated carbocycles. The van der Waals surface area contributed by atoms with Gasteiger partial charge in [-0.15, -0.1) is 0 Å². The molecule has 0 aromatic heterocycles. The van der Waals surface area contributed by atoms with Gasteiger partial charge in [0.2, 0.25) is 0 Å². The molecule has 0 atom stereocenters. The van der Waals surface area contributed by atoms with E-state index >= 15 is 0 Å². The zero-order valence-corrected chi connectivity index (χ0v) is 7.16. The molecule has 0 aliphatic heterocycles. The van der Waals surface area contributed by atoms with Crippen LogP contribution in [0.1, 0.15) is 19.8 Å². The number of hydrogen-bond donors (Lipinski definition) is 0. The molecule has 0 aliphatic rings. The van der Waals surface area contributed by atoms with Crippen molar-refractivity contribution in [3.05, 3.63) is 0 Å². The summed E-state index contributed by atoms with van der Waals surface area (Å²) in [6.07, 6.45) is -0.422. The SMILES string of the molecule is CCCCOC(=O)OC(=O)OC. The van der Waals surface area contributed by atoms with E-state index in [0.29, 0.717) is 0 Å². The Kier molecular flexibility index (Phi) is 5.77. The van der Waals surface area contributed by atoms with E-state index in [9.17, 15) is 9.59 Å². The second-order valence-electron chi connectivity index (χ2n) is 2.01. The summed E-state index contributed by atoms with van der Waals surface area (Å²) >= 11 is 0. The van der Waals surface area contributed by atoms with Gasteiger partial charge in [-0.25, -0.2) is 9.59 Å². The summed E-state index contributed by atoms with van der Waals surface area (Å²) in [5, 5.41) is 0. The third-order valence-corrected chi connectivity index (χ3v) is 1.05. The Balaban J connectivity index is 3.40. The summed E-state index contributed by atoms with van der Waals surface area (Å²) in [7, 11) is 1.11. The van der Waals surface area contributed by atoms with Crippen molar-refractivity contribution >= 4 is 12.3 Å². The van der Waals surface area contributed by atoms with Crippen LogP contribution >= 0.6 is 0 Å². The van der Waals surface area contributed by atoms with Crippen molar-refractivity contribution in [2.24, 2.45) is 0 Å². The molecule has 5 heteroatoms. The summed E-state index contributed by atoms with van der Waals surface area (Å²) < 4.78 is 12.6. The van der Waals surface area contributed by atoms with Crippen molar-refractivity contribution in [3.63, 3.8) is 0 Å². The monoisotopic (exact) mass is 176 g/mol. The quantitative estimate of drug-likeness (QED) is 0.372. The number of rotatable bonds is 3. The van der Waals surface area contributed by atoms with Gasteiger partial charge in [-0.2, -0.15) is 0 Å². The third kappa shape index (κ3) is 5.52. The van der Waals surface area contributed by atoms with E-state index in [0.717, 1.165) is 20.0 Å². The second-order valence-corrected chi connectivity index (χ2v) is 2.01. The zero-order valence-electron chi connectivity index (χ0n) is 7.16. The highest BCUT2D eigenvalue weighted by atomic mass is 16.8. The van der Waals surface area contributed by atoms with Gasteiger partial charge in [0, 0.05) is 0 Å². The van der Waals surface area contributed by atoms with Crippen LogP contribution in [0.25, 0.3) is 0 Å². The van der Waals surface area contributed by atoms with Gasteiger partial charge in [-0.1, -0.05) is 13.3 Å². The van der Waals surface area contributed by atoms with Crippen molar-refractivity contribution in [2.75, 3.05) is 13.7 Å². The summed E-state index contributed by atoms with van der Waals surface area (Å²) in [5.41, 5.74) is 0. The molecule has 0 aliphatic carbocycles. The third-order valence-electron chi connectivity index (χ3n) is 1.05. The average molecular weight is 176 g/mol. The summed E-state index contributed by atoms with van der Waals surface area (Å²) in [5.74, 6) is 0. The fraction of sp³-hybridized carbons (Fsp3) is 0.714. The first-order valence-corrected chi connectivity index (χ1v) is 3.63. The Morgan fingerprint density at radius 2 is 1.92 bits per heavy atom. The second kappa shape index (κ2) is 6.45. The fourth-order valence-electron chi connectivity index (χ4n) is 0.439. The number of carbonyl (C=O) groups excluding carboxylic acids is 2. The Morgan fingerprint density at radius 3 is 2.42 bits per heavy atom. The van der Waals surface area contributed by atoms with Gasteiger partial charge in [0.1, 0.15) is 0 Å². The number of ether oxygens (including phenoxy) is 3. The lowest BCUT2D eigenvalue weighted by atomic mass is 10.4. The molecule has 0 fully saturated rings. The van der Waals surface area contributed by atoms with Crippen LogP contribution in [0.2, 0.25) is 0 Å². The van der Waals surface area contributed by atoms with Crippen molar-refractivity contribution in [1.82, 2.24) is 0 Å². The smallest absolute Gasteiger partial charge is 0.437 e. The van der Waals surface area contributed by atoms with E-state index in [1.165, 1.54) is 0 Å².